The molecule has 0 radical (unpaired) electrons. The van der Waals surface area contributed by atoms with Crippen molar-refractivity contribution in [2.24, 2.45) is 11.2 Å². The van der Waals surface area contributed by atoms with Crippen LogP contribution >= 0.6 is 7.75 Å². The van der Waals surface area contributed by atoms with Gasteiger partial charge in [-0.15, -0.1) is 0 Å². The predicted octanol–water partition coefficient (Wildman–Crippen LogP) is 0.580. The Labute approximate surface area is 72.7 Å². The van der Waals surface area contributed by atoms with Crippen molar-refractivity contribution < 1.29 is 14.0 Å². The first-order valence-corrected chi connectivity index (χ1v) is 5.58. The molecule has 2 atom stereocenters. The molecule has 0 aromatic heterocycles. The first-order chi connectivity index (χ1) is 5.42. The van der Waals surface area contributed by atoms with Crippen LogP contribution in [0.2, 0.25) is 0 Å². The zero-order chi connectivity index (χ0) is 9.61. The van der Waals surface area contributed by atoms with E-state index in [0.717, 1.165) is 12.8 Å². The Hall–Kier alpha value is 0.0700. The van der Waals surface area contributed by atoms with E-state index in [4.69, 9.17) is 16.1 Å². The van der Waals surface area contributed by atoms with Gasteiger partial charge in [0.15, 0.2) is 0 Å². The molecule has 0 rings (SSSR count). The fourth-order valence-corrected chi connectivity index (χ4v) is 1.15. The molecular weight excluding hydrogens is 179 g/mol. The van der Waals surface area contributed by atoms with E-state index in [9.17, 15) is 4.57 Å². The van der Waals surface area contributed by atoms with E-state index < -0.39 is 7.75 Å². The summed E-state index contributed by atoms with van der Waals surface area (Å²) in [6.07, 6.45) is 2.49. The summed E-state index contributed by atoms with van der Waals surface area (Å²) < 4.78 is 14.9. The van der Waals surface area contributed by atoms with E-state index in [1.165, 1.54) is 0 Å². The van der Waals surface area contributed by atoms with Crippen molar-refractivity contribution in [2.75, 3.05) is 6.61 Å². The summed E-state index contributed by atoms with van der Waals surface area (Å²) in [5.41, 5.74) is 10.2. The lowest BCUT2D eigenvalue weighted by atomic mass is 10.1. The number of nitrogens with two attached hydrogens (primary N) is 2. The lowest BCUT2D eigenvalue weighted by Crippen LogP contribution is -2.14. The molecule has 0 aromatic carbocycles. The molecule has 0 saturated heterocycles. The summed E-state index contributed by atoms with van der Waals surface area (Å²) in [6.45, 7) is 2.14. The number of unbranched alkanes of at least 4 members (excludes halogenated alkanes) is 1. The SMILES string of the molecule is CC(N)CCCCOP(N)(=O)O. The van der Waals surface area contributed by atoms with Crippen LogP contribution in [0.5, 0.6) is 0 Å². The van der Waals surface area contributed by atoms with E-state index in [2.05, 4.69) is 4.52 Å². The Bertz CT molecular complexity index is 157. The highest BCUT2D eigenvalue weighted by molar-refractivity contribution is 7.50. The quantitative estimate of drug-likeness (QED) is 0.426. The second-order valence-corrected chi connectivity index (χ2v) is 4.26. The van der Waals surface area contributed by atoms with Crippen molar-refractivity contribution in [3.8, 4) is 0 Å². The molecule has 6 heteroatoms. The molecule has 0 aliphatic carbocycles. The largest absolute Gasteiger partial charge is 0.400 e. The fourth-order valence-electron chi connectivity index (χ4n) is 0.764. The van der Waals surface area contributed by atoms with Crippen molar-refractivity contribution >= 4 is 7.75 Å². The first kappa shape index (κ1) is 12.1. The lowest BCUT2D eigenvalue weighted by Gasteiger charge is -2.06. The lowest BCUT2D eigenvalue weighted by molar-refractivity contribution is 0.253. The van der Waals surface area contributed by atoms with Crippen molar-refractivity contribution in [1.82, 2.24) is 0 Å². The smallest absolute Gasteiger partial charge is 0.328 e. The second kappa shape index (κ2) is 5.67. The third-order valence-electron chi connectivity index (χ3n) is 1.33. The molecule has 0 fully saturated rings. The van der Waals surface area contributed by atoms with Gasteiger partial charge in [-0.2, -0.15) is 0 Å². The minimum atomic E-state index is -3.76. The van der Waals surface area contributed by atoms with Crippen LogP contribution in [0, 0.1) is 0 Å². The highest BCUT2D eigenvalue weighted by Crippen LogP contribution is 2.31. The predicted molar refractivity (Wildman–Crippen MR) is 47.5 cm³/mol. The van der Waals surface area contributed by atoms with E-state index in [1.54, 1.807) is 0 Å². The summed E-state index contributed by atoms with van der Waals surface area (Å²) in [5.74, 6) is 0. The summed E-state index contributed by atoms with van der Waals surface area (Å²) in [7, 11) is -3.76. The molecule has 5 nitrogen and oxygen atoms in total. The van der Waals surface area contributed by atoms with E-state index in [0.29, 0.717) is 6.42 Å². The highest BCUT2D eigenvalue weighted by Gasteiger charge is 2.09. The normalized spacial score (nSPS) is 18.7. The minimum Gasteiger partial charge on any atom is -0.328 e. The number of hydrogen-bond acceptors (Lipinski definition) is 3. The van der Waals surface area contributed by atoms with E-state index in [-0.39, 0.29) is 12.6 Å². The summed E-state index contributed by atoms with van der Waals surface area (Å²) in [4.78, 5) is 8.51. The molecule has 0 saturated carbocycles. The molecule has 12 heavy (non-hydrogen) atoms. The Balaban J connectivity index is 3.17. The van der Waals surface area contributed by atoms with Gasteiger partial charge < -0.3 is 10.6 Å². The summed E-state index contributed by atoms with van der Waals surface area (Å²) in [5, 5.41) is 0. The van der Waals surface area contributed by atoms with Crippen LogP contribution < -0.4 is 11.2 Å². The standard InChI is InChI=1S/C6H17N2O3P/c1-6(7)4-2-3-5-11-12(8,9)10/h6H,2-5,7H2,1H3,(H3,8,9,10). The topological polar surface area (TPSA) is 98.6 Å². The summed E-state index contributed by atoms with van der Waals surface area (Å²) in [6, 6.07) is 0.170. The van der Waals surface area contributed by atoms with Crippen LogP contribution in [0.25, 0.3) is 0 Å². The molecule has 0 heterocycles. The molecule has 0 bridgehead atoms. The van der Waals surface area contributed by atoms with Crippen molar-refractivity contribution in [2.45, 2.75) is 32.2 Å². The second-order valence-electron chi connectivity index (χ2n) is 2.87. The molecule has 0 aromatic rings. The third kappa shape index (κ3) is 10.1. The zero-order valence-electron chi connectivity index (χ0n) is 7.27. The maximum atomic E-state index is 10.4. The molecule has 0 amide bonds. The molecular formula is C6H17N2O3P. The maximum absolute atomic E-state index is 10.4. The molecule has 2 unspecified atom stereocenters. The van der Waals surface area contributed by atoms with E-state index >= 15 is 0 Å². The van der Waals surface area contributed by atoms with Crippen LogP contribution in [-0.4, -0.2) is 17.5 Å². The molecule has 0 spiro atoms. The Morgan fingerprint density at radius 2 is 2.17 bits per heavy atom. The summed E-state index contributed by atoms with van der Waals surface area (Å²) >= 11 is 0. The van der Waals surface area contributed by atoms with Crippen LogP contribution in [0.3, 0.4) is 0 Å². The van der Waals surface area contributed by atoms with Crippen molar-refractivity contribution in [3.63, 3.8) is 0 Å². The number of rotatable bonds is 6. The fraction of sp³-hybridized carbons (Fsp3) is 1.00. The van der Waals surface area contributed by atoms with Crippen LogP contribution in [-0.2, 0) is 9.09 Å². The van der Waals surface area contributed by atoms with Gasteiger partial charge in [0.1, 0.15) is 0 Å². The molecule has 0 aliphatic rings. The molecule has 74 valence electrons. The van der Waals surface area contributed by atoms with Gasteiger partial charge in [-0.1, -0.05) is 0 Å². The van der Waals surface area contributed by atoms with Crippen LogP contribution in [0.4, 0.5) is 0 Å². The monoisotopic (exact) mass is 196 g/mol. The number of hydrogen-bond donors (Lipinski definition) is 3. The van der Waals surface area contributed by atoms with Gasteiger partial charge in [0.25, 0.3) is 0 Å². The first-order valence-electron chi connectivity index (χ1n) is 3.93. The van der Waals surface area contributed by atoms with E-state index in [1.807, 2.05) is 6.92 Å². The average molecular weight is 196 g/mol. The van der Waals surface area contributed by atoms with Crippen molar-refractivity contribution in [1.29, 1.82) is 0 Å². The van der Waals surface area contributed by atoms with Gasteiger partial charge in [0, 0.05) is 6.04 Å². The van der Waals surface area contributed by atoms with Crippen LogP contribution in [0.15, 0.2) is 0 Å². The van der Waals surface area contributed by atoms with Gasteiger partial charge in [-0.05, 0) is 26.2 Å². The Morgan fingerprint density at radius 3 is 2.58 bits per heavy atom. The Morgan fingerprint density at radius 1 is 1.58 bits per heavy atom. The molecule has 5 N–H and O–H groups in total. The highest BCUT2D eigenvalue weighted by atomic mass is 31.2. The van der Waals surface area contributed by atoms with Gasteiger partial charge >= 0.3 is 7.75 Å². The maximum Gasteiger partial charge on any atom is 0.400 e. The van der Waals surface area contributed by atoms with Gasteiger partial charge in [0.2, 0.25) is 0 Å². The molecule has 0 aliphatic heterocycles. The third-order valence-corrected chi connectivity index (χ3v) is 1.88. The minimum absolute atomic E-state index is 0.170. The van der Waals surface area contributed by atoms with Crippen LogP contribution in [0.1, 0.15) is 26.2 Å². The van der Waals surface area contributed by atoms with Gasteiger partial charge in [-0.25, -0.2) is 10.1 Å². The van der Waals surface area contributed by atoms with Gasteiger partial charge in [-0.3, -0.25) is 4.52 Å². The zero-order valence-corrected chi connectivity index (χ0v) is 8.17. The average Bonchev–Trinajstić information content (AvgIpc) is 1.83. The Kier molecular flexibility index (Phi) is 5.70. The van der Waals surface area contributed by atoms with Gasteiger partial charge in [0.05, 0.1) is 6.61 Å². The van der Waals surface area contributed by atoms with Crippen molar-refractivity contribution in [3.05, 3.63) is 0 Å².